The molecule has 0 saturated carbocycles. The Morgan fingerprint density at radius 3 is 2.59 bits per heavy atom. The van der Waals surface area contributed by atoms with Crippen molar-refractivity contribution in [1.82, 2.24) is 9.80 Å². The molecule has 1 rings (SSSR count). The molecule has 1 heterocycles. The average Bonchev–Trinajstić information content (AvgIpc) is 2.30. The van der Waals surface area contributed by atoms with Crippen molar-refractivity contribution in [2.45, 2.75) is 39.7 Å². The van der Waals surface area contributed by atoms with E-state index in [1.54, 1.807) is 0 Å². The van der Waals surface area contributed by atoms with Gasteiger partial charge in [-0.1, -0.05) is 20.8 Å². The fourth-order valence-corrected chi connectivity index (χ4v) is 2.80. The van der Waals surface area contributed by atoms with Gasteiger partial charge in [0.05, 0.1) is 0 Å². The number of carboxylic acid groups (broad SMARTS) is 1. The lowest BCUT2D eigenvalue weighted by molar-refractivity contribution is -0.137. The van der Waals surface area contributed by atoms with Gasteiger partial charge in [-0.2, -0.15) is 0 Å². The summed E-state index contributed by atoms with van der Waals surface area (Å²) in [6, 6.07) is 0.368. The average molecular weight is 242 g/mol. The lowest BCUT2D eigenvalue weighted by Crippen LogP contribution is -2.39. The van der Waals surface area contributed by atoms with Crippen LogP contribution in [0.3, 0.4) is 0 Å². The van der Waals surface area contributed by atoms with Crippen LogP contribution in [0.5, 0.6) is 0 Å². The summed E-state index contributed by atoms with van der Waals surface area (Å²) in [4.78, 5) is 15.5. The van der Waals surface area contributed by atoms with Crippen molar-refractivity contribution in [2.75, 3.05) is 33.2 Å². The second-order valence-electron chi connectivity index (χ2n) is 5.99. The zero-order valence-electron chi connectivity index (χ0n) is 11.6. The minimum atomic E-state index is -0.690. The summed E-state index contributed by atoms with van der Waals surface area (Å²) in [5.41, 5.74) is 0.280. The molecule has 0 amide bonds. The molecule has 0 radical (unpaired) electrons. The first-order chi connectivity index (χ1) is 7.84. The summed E-state index contributed by atoms with van der Waals surface area (Å²) in [7, 11) is 2.12. The van der Waals surface area contributed by atoms with Crippen molar-refractivity contribution >= 4 is 5.97 Å². The molecule has 1 atom stereocenters. The van der Waals surface area contributed by atoms with Crippen LogP contribution in [0.25, 0.3) is 0 Å². The van der Waals surface area contributed by atoms with E-state index in [0.29, 0.717) is 6.04 Å². The fraction of sp³-hybridized carbons (Fsp3) is 0.923. The highest BCUT2D eigenvalue weighted by molar-refractivity contribution is 5.66. The Labute approximate surface area is 105 Å². The van der Waals surface area contributed by atoms with Gasteiger partial charge in [0.2, 0.25) is 0 Å². The highest BCUT2D eigenvalue weighted by atomic mass is 16.4. The van der Waals surface area contributed by atoms with Crippen LogP contribution >= 0.6 is 0 Å². The van der Waals surface area contributed by atoms with Gasteiger partial charge in [0, 0.05) is 32.1 Å². The van der Waals surface area contributed by atoms with Crippen LogP contribution < -0.4 is 0 Å². The van der Waals surface area contributed by atoms with Crippen LogP contribution in [0.1, 0.15) is 33.6 Å². The summed E-state index contributed by atoms with van der Waals surface area (Å²) >= 11 is 0. The summed E-state index contributed by atoms with van der Waals surface area (Å²) in [6.07, 6.45) is 1.02. The van der Waals surface area contributed by atoms with E-state index in [9.17, 15) is 4.79 Å². The van der Waals surface area contributed by atoms with E-state index in [2.05, 4.69) is 37.6 Å². The maximum absolute atomic E-state index is 10.7. The van der Waals surface area contributed by atoms with Gasteiger partial charge in [-0.05, 0) is 25.4 Å². The number of likely N-dealkylation sites (N-methyl/N-ethyl adjacent to an activating group) is 2. The fourth-order valence-electron chi connectivity index (χ4n) is 2.80. The second-order valence-corrected chi connectivity index (χ2v) is 5.99. The number of hydrogen-bond acceptors (Lipinski definition) is 3. The van der Waals surface area contributed by atoms with E-state index in [-0.39, 0.29) is 11.8 Å². The van der Waals surface area contributed by atoms with Gasteiger partial charge in [0.25, 0.3) is 0 Å². The topological polar surface area (TPSA) is 43.8 Å². The molecule has 0 aromatic carbocycles. The monoisotopic (exact) mass is 242 g/mol. The van der Waals surface area contributed by atoms with Gasteiger partial charge >= 0.3 is 5.97 Å². The van der Waals surface area contributed by atoms with Gasteiger partial charge in [-0.25, -0.2) is 0 Å². The largest absolute Gasteiger partial charge is 0.481 e. The number of carbonyl (C=O) groups is 1. The first kappa shape index (κ1) is 14.5. The Hall–Kier alpha value is -0.610. The molecule has 4 nitrogen and oxygen atoms in total. The number of carboxylic acids is 1. The molecule has 1 saturated heterocycles. The molecule has 0 spiro atoms. The van der Waals surface area contributed by atoms with Gasteiger partial charge in [-0.3, -0.25) is 4.79 Å². The molecular weight excluding hydrogens is 216 g/mol. The minimum absolute atomic E-state index is 0.271. The number of aliphatic carboxylic acids is 1. The maximum atomic E-state index is 10.7. The van der Waals surface area contributed by atoms with Gasteiger partial charge in [0.1, 0.15) is 0 Å². The molecule has 1 aliphatic heterocycles. The van der Waals surface area contributed by atoms with E-state index in [1.807, 2.05) is 0 Å². The molecule has 4 heteroatoms. The molecule has 1 aliphatic rings. The maximum Gasteiger partial charge on any atom is 0.303 e. The normalized spacial score (nSPS) is 26.7. The first-order valence-electron chi connectivity index (χ1n) is 6.48. The van der Waals surface area contributed by atoms with Crippen LogP contribution in [-0.2, 0) is 4.79 Å². The van der Waals surface area contributed by atoms with Crippen molar-refractivity contribution in [3.05, 3.63) is 0 Å². The van der Waals surface area contributed by atoms with Crippen LogP contribution in [-0.4, -0.2) is 60.1 Å². The van der Waals surface area contributed by atoms with Crippen molar-refractivity contribution in [3.8, 4) is 0 Å². The molecule has 0 aliphatic carbocycles. The molecule has 0 aromatic rings. The van der Waals surface area contributed by atoms with E-state index < -0.39 is 5.97 Å². The van der Waals surface area contributed by atoms with E-state index in [0.717, 1.165) is 32.6 Å². The van der Waals surface area contributed by atoms with Crippen molar-refractivity contribution in [2.24, 2.45) is 5.41 Å². The minimum Gasteiger partial charge on any atom is -0.481 e. The molecule has 0 aromatic heterocycles. The Bertz CT molecular complexity index is 266. The van der Waals surface area contributed by atoms with Gasteiger partial charge in [-0.15, -0.1) is 0 Å². The summed E-state index contributed by atoms with van der Waals surface area (Å²) in [6.45, 7) is 10.9. The van der Waals surface area contributed by atoms with Crippen LogP contribution in [0.4, 0.5) is 0 Å². The van der Waals surface area contributed by atoms with Crippen LogP contribution in [0.2, 0.25) is 0 Å². The smallest absolute Gasteiger partial charge is 0.303 e. The third-order valence-corrected chi connectivity index (χ3v) is 3.56. The Morgan fingerprint density at radius 1 is 1.41 bits per heavy atom. The van der Waals surface area contributed by atoms with E-state index in [1.165, 1.54) is 0 Å². The molecule has 1 fully saturated rings. The predicted octanol–water partition coefficient (Wildman–Crippen LogP) is 1.51. The summed E-state index contributed by atoms with van der Waals surface area (Å²) < 4.78 is 0. The molecule has 100 valence electrons. The van der Waals surface area contributed by atoms with Crippen LogP contribution in [0.15, 0.2) is 0 Å². The summed E-state index contributed by atoms with van der Waals surface area (Å²) in [5.74, 6) is -0.690. The van der Waals surface area contributed by atoms with Crippen molar-refractivity contribution < 1.29 is 9.90 Å². The third-order valence-electron chi connectivity index (χ3n) is 3.56. The van der Waals surface area contributed by atoms with Crippen molar-refractivity contribution in [3.63, 3.8) is 0 Å². The zero-order valence-corrected chi connectivity index (χ0v) is 11.6. The number of hydrogen-bond donors (Lipinski definition) is 1. The SMILES string of the molecule is CCN1CC(CCC(=O)O)N(C)CC(C)(C)C1. The molecular formula is C13H26N2O2. The zero-order chi connectivity index (χ0) is 13.1. The number of nitrogens with zero attached hydrogens (tertiary/aromatic N) is 2. The Kier molecular flexibility index (Phi) is 4.95. The standard InChI is InChI=1S/C13H26N2O2/c1-5-15-8-11(6-7-12(16)17)14(4)9-13(2,3)10-15/h11H,5-10H2,1-4H3,(H,16,17). The summed E-state index contributed by atoms with van der Waals surface area (Å²) in [5, 5.41) is 8.79. The molecule has 17 heavy (non-hydrogen) atoms. The van der Waals surface area contributed by atoms with E-state index in [4.69, 9.17) is 5.11 Å². The highest BCUT2D eigenvalue weighted by Gasteiger charge is 2.31. The van der Waals surface area contributed by atoms with E-state index >= 15 is 0 Å². The molecule has 1 unspecified atom stereocenters. The second kappa shape index (κ2) is 5.83. The van der Waals surface area contributed by atoms with Crippen molar-refractivity contribution in [1.29, 1.82) is 0 Å². The highest BCUT2D eigenvalue weighted by Crippen LogP contribution is 2.24. The Balaban J connectivity index is 2.66. The van der Waals surface area contributed by atoms with Crippen LogP contribution in [0, 0.1) is 5.41 Å². The molecule has 0 bridgehead atoms. The van der Waals surface area contributed by atoms with Gasteiger partial charge < -0.3 is 14.9 Å². The quantitative estimate of drug-likeness (QED) is 0.811. The molecule has 1 N–H and O–H groups in total. The lowest BCUT2D eigenvalue weighted by atomic mass is 9.92. The Morgan fingerprint density at radius 2 is 2.06 bits per heavy atom. The third kappa shape index (κ3) is 4.64. The first-order valence-corrected chi connectivity index (χ1v) is 6.48. The van der Waals surface area contributed by atoms with Gasteiger partial charge in [0.15, 0.2) is 0 Å². The predicted molar refractivity (Wildman–Crippen MR) is 69.2 cm³/mol. The number of rotatable bonds is 4. The lowest BCUT2D eigenvalue weighted by Gasteiger charge is -2.30.